The molecule has 0 bridgehead atoms. The first-order valence-electron chi connectivity index (χ1n) is 13.5. The van der Waals surface area contributed by atoms with Crippen LogP contribution in [-0.2, 0) is 11.3 Å². The van der Waals surface area contributed by atoms with E-state index in [9.17, 15) is 9.90 Å². The maximum atomic E-state index is 13.6. The molecule has 4 aliphatic rings. The van der Waals surface area contributed by atoms with E-state index in [1.54, 1.807) is 0 Å². The van der Waals surface area contributed by atoms with Gasteiger partial charge in [0.05, 0.1) is 11.1 Å². The molecule has 0 spiro atoms. The molecule has 0 saturated heterocycles. The second kappa shape index (κ2) is 7.90. The quantitative estimate of drug-likeness (QED) is 0.678. The molecule has 8 unspecified atom stereocenters. The van der Waals surface area contributed by atoms with Gasteiger partial charge in [-0.05, 0) is 111 Å². The molecule has 1 aromatic carbocycles. The Hall–Kier alpha value is -1.75. The molecule has 1 aromatic heterocycles. The van der Waals surface area contributed by atoms with E-state index in [2.05, 4.69) is 24.2 Å². The molecule has 4 fully saturated rings. The van der Waals surface area contributed by atoms with Crippen LogP contribution in [0.5, 0.6) is 0 Å². The maximum absolute atomic E-state index is 13.6. The fraction of sp³-hybridized carbons (Fsp3) is 0.750. The summed E-state index contributed by atoms with van der Waals surface area (Å²) in [5.74, 6) is 4.31. The molecule has 0 amide bonds. The van der Waals surface area contributed by atoms with Crippen LogP contribution >= 0.6 is 0 Å². The number of fused-ring (bicyclic) bond motifs is 6. The molecule has 1 N–H and O–H groups in total. The predicted molar refractivity (Wildman–Crippen MR) is 128 cm³/mol. The normalized spacial score (nSPS) is 42.5. The molecule has 33 heavy (non-hydrogen) atoms. The van der Waals surface area contributed by atoms with Crippen molar-refractivity contribution in [2.45, 2.75) is 90.2 Å². The molecule has 0 radical (unpaired) electrons. The molecule has 4 saturated carbocycles. The Kier molecular flexibility index (Phi) is 5.21. The highest BCUT2D eigenvalue weighted by Crippen LogP contribution is 2.64. The minimum atomic E-state index is -0.409. The fourth-order valence-corrected chi connectivity index (χ4v) is 9.10. The topological polar surface area (TPSA) is 68.0 Å². The molecule has 2 aromatic rings. The predicted octanol–water partition coefficient (Wildman–Crippen LogP) is 5.41. The van der Waals surface area contributed by atoms with E-state index < -0.39 is 5.60 Å². The van der Waals surface area contributed by atoms with Crippen molar-refractivity contribution in [3.05, 3.63) is 24.3 Å². The lowest BCUT2D eigenvalue weighted by Crippen LogP contribution is -2.51. The van der Waals surface area contributed by atoms with Gasteiger partial charge in [-0.15, -0.1) is 5.10 Å². The zero-order chi connectivity index (χ0) is 22.8. The van der Waals surface area contributed by atoms with Crippen molar-refractivity contribution in [1.29, 1.82) is 0 Å². The van der Waals surface area contributed by atoms with Gasteiger partial charge in [-0.2, -0.15) is 0 Å². The average Bonchev–Trinajstić information content (AvgIpc) is 3.39. The smallest absolute Gasteiger partial charge is 0.157 e. The van der Waals surface area contributed by atoms with Gasteiger partial charge in [-0.3, -0.25) is 4.79 Å². The number of rotatable bonds is 4. The minimum absolute atomic E-state index is 0.139. The zero-order valence-corrected chi connectivity index (χ0v) is 20.2. The number of aromatic nitrogens is 3. The molecule has 1 heterocycles. The molecule has 4 aliphatic carbocycles. The highest BCUT2D eigenvalue weighted by atomic mass is 16.3. The summed E-state index contributed by atoms with van der Waals surface area (Å²) < 4.78 is 1.81. The lowest BCUT2D eigenvalue weighted by Gasteiger charge is -2.57. The van der Waals surface area contributed by atoms with Crippen LogP contribution in [0.15, 0.2) is 24.3 Å². The molecular formula is C28H39N3O2. The molecule has 5 heteroatoms. The lowest BCUT2D eigenvalue weighted by molar-refractivity contribution is -0.133. The number of benzene rings is 1. The third-order valence-corrected chi connectivity index (χ3v) is 10.9. The van der Waals surface area contributed by atoms with Gasteiger partial charge in [0.15, 0.2) is 5.78 Å². The molecule has 6 rings (SSSR count). The summed E-state index contributed by atoms with van der Waals surface area (Å²) in [7, 11) is 0. The van der Waals surface area contributed by atoms with Crippen molar-refractivity contribution >= 4 is 16.8 Å². The van der Waals surface area contributed by atoms with Crippen molar-refractivity contribution in [3.63, 3.8) is 0 Å². The van der Waals surface area contributed by atoms with E-state index >= 15 is 0 Å². The summed E-state index contributed by atoms with van der Waals surface area (Å²) in [5.41, 5.74) is 1.55. The second-order valence-electron chi connectivity index (χ2n) is 12.1. The van der Waals surface area contributed by atoms with E-state index in [4.69, 9.17) is 0 Å². The third-order valence-electron chi connectivity index (χ3n) is 10.9. The zero-order valence-electron chi connectivity index (χ0n) is 20.2. The van der Waals surface area contributed by atoms with E-state index in [1.807, 2.05) is 28.9 Å². The van der Waals surface area contributed by atoms with Gasteiger partial charge < -0.3 is 5.11 Å². The SMILES string of the molecule is CCC1(O)CCC2C(CCC3C2CCC2(C)C(C(=O)Cn4nnc5ccccc54)CCC32)C1. The first kappa shape index (κ1) is 21.8. The number of aliphatic hydroxyl groups is 1. The van der Waals surface area contributed by atoms with E-state index in [0.717, 1.165) is 54.5 Å². The van der Waals surface area contributed by atoms with Crippen LogP contribution in [0.1, 0.15) is 78.1 Å². The summed E-state index contributed by atoms with van der Waals surface area (Å²) in [6.45, 7) is 4.93. The van der Waals surface area contributed by atoms with Crippen LogP contribution in [0.25, 0.3) is 11.0 Å². The van der Waals surface area contributed by atoms with E-state index in [-0.39, 0.29) is 11.3 Å². The molecular weight excluding hydrogens is 410 g/mol. The molecule has 5 nitrogen and oxygen atoms in total. The number of hydrogen-bond acceptors (Lipinski definition) is 4. The van der Waals surface area contributed by atoms with Gasteiger partial charge >= 0.3 is 0 Å². The van der Waals surface area contributed by atoms with Crippen LogP contribution in [0, 0.1) is 40.9 Å². The van der Waals surface area contributed by atoms with Gasteiger partial charge in [-0.1, -0.05) is 31.2 Å². The summed E-state index contributed by atoms with van der Waals surface area (Å²) in [4.78, 5) is 13.6. The summed E-state index contributed by atoms with van der Waals surface area (Å²) in [6.07, 6.45) is 11.4. The van der Waals surface area contributed by atoms with E-state index in [1.165, 1.54) is 38.5 Å². The highest BCUT2D eigenvalue weighted by Gasteiger charge is 2.58. The Balaban J connectivity index is 1.19. The number of carbonyl (C=O) groups is 1. The van der Waals surface area contributed by atoms with E-state index in [0.29, 0.717) is 24.2 Å². The van der Waals surface area contributed by atoms with Crippen molar-refractivity contribution in [2.75, 3.05) is 0 Å². The van der Waals surface area contributed by atoms with Crippen LogP contribution < -0.4 is 0 Å². The standard InChI is InChI=1S/C28H39N3O2/c1-3-28(33)15-13-19-18(16-28)8-9-21-20(19)12-14-27(2)22(21)10-11-23(27)26(32)17-31-25-7-5-4-6-24(25)29-30-31/h4-7,18-23,33H,3,8-17H2,1-2H3. The lowest BCUT2D eigenvalue weighted by atomic mass is 9.48. The second-order valence-corrected chi connectivity index (χ2v) is 12.1. The Bertz CT molecular complexity index is 1050. The van der Waals surface area contributed by atoms with Crippen molar-refractivity contribution < 1.29 is 9.90 Å². The molecule has 8 atom stereocenters. The van der Waals surface area contributed by atoms with Crippen LogP contribution in [0.3, 0.4) is 0 Å². The van der Waals surface area contributed by atoms with Crippen molar-refractivity contribution in [1.82, 2.24) is 15.0 Å². The van der Waals surface area contributed by atoms with Gasteiger partial charge in [-0.25, -0.2) is 4.68 Å². The fourth-order valence-electron chi connectivity index (χ4n) is 9.10. The van der Waals surface area contributed by atoms with Gasteiger partial charge in [0, 0.05) is 5.92 Å². The third kappa shape index (κ3) is 3.40. The Morgan fingerprint density at radius 1 is 1.06 bits per heavy atom. The highest BCUT2D eigenvalue weighted by molar-refractivity contribution is 5.84. The Morgan fingerprint density at radius 3 is 2.73 bits per heavy atom. The van der Waals surface area contributed by atoms with Gasteiger partial charge in [0.25, 0.3) is 0 Å². The number of para-hydroxylation sites is 1. The number of carbonyl (C=O) groups excluding carboxylic acids is 1. The largest absolute Gasteiger partial charge is 0.390 e. The van der Waals surface area contributed by atoms with Crippen LogP contribution in [0.4, 0.5) is 0 Å². The number of nitrogens with zero attached hydrogens (tertiary/aromatic N) is 3. The van der Waals surface area contributed by atoms with Crippen molar-refractivity contribution in [2.24, 2.45) is 40.9 Å². The van der Waals surface area contributed by atoms with Gasteiger partial charge in [0.2, 0.25) is 0 Å². The Morgan fingerprint density at radius 2 is 1.88 bits per heavy atom. The van der Waals surface area contributed by atoms with Gasteiger partial charge in [0.1, 0.15) is 12.1 Å². The molecule has 178 valence electrons. The molecule has 0 aliphatic heterocycles. The number of ketones is 1. The minimum Gasteiger partial charge on any atom is -0.390 e. The monoisotopic (exact) mass is 449 g/mol. The number of hydrogen-bond donors (Lipinski definition) is 1. The average molecular weight is 450 g/mol. The maximum Gasteiger partial charge on any atom is 0.157 e. The first-order chi connectivity index (χ1) is 15.9. The summed E-state index contributed by atoms with van der Waals surface area (Å²) >= 11 is 0. The number of Topliss-reactive ketones (excluding diaryl/α,β-unsaturated/α-hetero) is 1. The summed E-state index contributed by atoms with van der Waals surface area (Å²) in [6, 6.07) is 7.92. The Labute approximate surface area is 197 Å². The van der Waals surface area contributed by atoms with Crippen molar-refractivity contribution in [3.8, 4) is 0 Å². The first-order valence-corrected chi connectivity index (χ1v) is 13.5. The summed E-state index contributed by atoms with van der Waals surface area (Å²) in [5, 5.41) is 19.5. The van der Waals surface area contributed by atoms with Crippen LogP contribution in [0.2, 0.25) is 0 Å². The van der Waals surface area contributed by atoms with Crippen LogP contribution in [-0.4, -0.2) is 31.5 Å².